The zero-order valence-corrected chi connectivity index (χ0v) is 10.7. The second-order valence-corrected chi connectivity index (χ2v) is 5.39. The minimum atomic E-state index is 0.130. The van der Waals surface area contributed by atoms with E-state index in [1.165, 1.54) is 4.88 Å². The van der Waals surface area contributed by atoms with Gasteiger partial charge in [0.05, 0.1) is 10.4 Å². The van der Waals surface area contributed by atoms with Crippen molar-refractivity contribution in [3.8, 4) is 0 Å². The summed E-state index contributed by atoms with van der Waals surface area (Å²) in [6.07, 6.45) is 0. The Morgan fingerprint density at radius 3 is 2.94 bits per heavy atom. The molecule has 1 atom stereocenters. The van der Waals surface area contributed by atoms with E-state index < -0.39 is 0 Å². The van der Waals surface area contributed by atoms with Crippen LogP contribution in [0.15, 0.2) is 12.1 Å². The molecule has 0 amide bonds. The Bertz CT molecular complexity index is 465. The smallest absolute Gasteiger partial charge is 0.167 e. The van der Waals surface area contributed by atoms with Gasteiger partial charge in [-0.15, -0.1) is 11.3 Å². The van der Waals surface area contributed by atoms with Crippen LogP contribution in [-0.2, 0) is 6.54 Å². The van der Waals surface area contributed by atoms with Crippen molar-refractivity contribution in [3.63, 3.8) is 0 Å². The number of aromatic nitrogens is 3. The molecule has 16 heavy (non-hydrogen) atoms. The van der Waals surface area contributed by atoms with Gasteiger partial charge in [-0.25, -0.2) is 4.98 Å². The highest BCUT2D eigenvalue weighted by Crippen LogP contribution is 2.21. The van der Waals surface area contributed by atoms with E-state index in [9.17, 15) is 0 Å². The molecular weight excluding hydrogens is 244 g/mol. The van der Waals surface area contributed by atoms with Crippen LogP contribution in [-0.4, -0.2) is 15.2 Å². The predicted molar refractivity (Wildman–Crippen MR) is 65.7 cm³/mol. The fraction of sp³-hybridized carbons (Fsp3) is 0.400. The minimum Gasteiger partial charge on any atom is -0.303 e. The van der Waals surface area contributed by atoms with Crippen molar-refractivity contribution in [1.82, 2.24) is 20.5 Å². The van der Waals surface area contributed by atoms with E-state index >= 15 is 0 Å². The number of hydrogen-bond donors (Lipinski definition) is 2. The second kappa shape index (κ2) is 4.95. The highest BCUT2D eigenvalue weighted by Gasteiger charge is 2.10. The molecule has 4 nitrogen and oxygen atoms in total. The van der Waals surface area contributed by atoms with E-state index in [-0.39, 0.29) is 6.04 Å². The van der Waals surface area contributed by atoms with E-state index in [0.29, 0.717) is 0 Å². The molecular formula is C10H13ClN4S. The summed E-state index contributed by atoms with van der Waals surface area (Å²) in [6.45, 7) is 4.71. The molecule has 0 aliphatic heterocycles. The van der Waals surface area contributed by atoms with Crippen molar-refractivity contribution in [2.24, 2.45) is 0 Å². The predicted octanol–water partition coefficient (Wildman–Crippen LogP) is 2.68. The molecule has 86 valence electrons. The van der Waals surface area contributed by atoms with E-state index in [1.54, 1.807) is 11.3 Å². The summed E-state index contributed by atoms with van der Waals surface area (Å²) in [5, 5.41) is 10.3. The van der Waals surface area contributed by atoms with Gasteiger partial charge in [0, 0.05) is 11.4 Å². The maximum atomic E-state index is 5.86. The first-order valence-corrected chi connectivity index (χ1v) is 6.21. The number of hydrogen-bond acceptors (Lipinski definition) is 4. The van der Waals surface area contributed by atoms with Crippen LogP contribution in [0.25, 0.3) is 0 Å². The van der Waals surface area contributed by atoms with Gasteiger partial charge >= 0.3 is 0 Å². The third-order valence-corrected chi connectivity index (χ3v) is 3.44. The van der Waals surface area contributed by atoms with E-state index in [1.807, 2.05) is 26.0 Å². The molecule has 2 heterocycles. The minimum absolute atomic E-state index is 0.130. The summed E-state index contributed by atoms with van der Waals surface area (Å²) < 4.78 is 0.818. The van der Waals surface area contributed by atoms with Crippen LogP contribution < -0.4 is 5.32 Å². The summed E-state index contributed by atoms with van der Waals surface area (Å²) >= 11 is 7.44. The normalized spacial score (nSPS) is 12.9. The number of aromatic amines is 1. The van der Waals surface area contributed by atoms with Gasteiger partial charge in [0.25, 0.3) is 0 Å². The largest absolute Gasteiger partial charge is 0.303 e. The zero-order chi connectivity index (χ0) is 11.5. The van der Waals surface area contributed by atoms with Gasteiger partial charge in [-0.2, -0.15) is 5.10 Å². The Labute approximate surface area is 103 Å². The Balaban J connectivity index is 1.91. The van der Waals surface area contributed by atoms with Crippen LogP contribution in [0.4, 0.5) is 0 Å². The summed E-state index contributed by atoms with van der Waals surface area (Å²) in [7, 11) is 0. The number of aryl methyl sites for hydroxylation is 1. The number of thiophene rings is 1. The molecule has 0 aliphatic carbocycles. The number of nitrogens with zero attached hydrogens (tertiary/aromatic N) is 2. The molecule has 0 radical (unpaired) electrons. The number of H-pyrrole nitrogens is 1. The molecule has 6 heteroatoms. The molecule has 2 rings (SSSR count). The first kappa shape index (κ1) is 11.6. The highest BCUT2D eigenvalue weighted by atomic mass is 35.5. The fourth-order valence-corrected chi connectivity index (χ4v) is 2.38. The molecule has 2 aromatic rings. The van der Waals surface area contributed by atoms with Gasteiger partial charge in [-0.05, 0) is 26.0 Å². The number of halogens is 1. The third-order valence-electron chi connectivity index (χ3n) is 2.21. The molecule has 0 saturated heterocycles. The highest BCUT2D eigenvalue weighted by molar-refractivity contribution is 7.16. The average molecular weight is 257 g/mol. The van der Waals surface area contributed by atoms with Gasteiger partial charge in [0.2, 0.25) is 0 Å². The van der Waals surface area contributed by atoms with E-state index in [4.69, 9.17) is 11.6 Å². The molecule has 2 aromatic heterocycles. The SMILES string of the molecule is Cc1nc(C(C)NCc2ccc(Cl)s2)n[nH]1. The van der Waals surface area contributed by atoms with E-state index in [2.05, 4.69) is 20.5 Å². The van der Waals surface area contributed by atoms with E-state index in [0.717, 1.165) is 22.5 Å². The van der Waals surface area contributed by atoms with Crippen LogP contribution in [0.2, 0.25) is 4.34 Å². The van der Waals surface area contributed by atoms with Gasteiger partial charge in [-0.3, -0.25) is 5.10 Å². The third kappa shape index (κ3) is 2.81. The lowest BCUT2D eigenvalue weighted by atomic mass is 10.3. The van der Waals surface area contributed by atoms with Crippen molar-refractivity contribution >= 4 is 22.9 Å². The molecule has 0 aromatic carbocycles. The Morgan fingerprint density at radius 2 is 2.38 bits per heavy atom. The lowest BCUT2D eigenvalue weighted by Gasteiger charge is -2.08. The van der Waals surface area contributed by atoms with Gasteiger partial charge < -0.3 is 5.32 Å². The molecule has 0 aliphatic rings. The molecule has 0 saturated carbocycles. The topological polar surface area (TPSA) is 53.6 Å². The Morgan fingerprint density at radius 1 is 1.56 bits per heavy atom. The van der Waals surface area contributed by atoms with Gasteiger partial charge in [-0.1, -0.05) is 11.6 Å². The van der Waals surface area contributed by atoms with Crippen LogP contribution in [0.1, 0.15) is 29.5 Å². The fourth-order valence-electron chi connectivity index (χ4n) is 1.35. The maximum absolute atomic E-state index is 5.86. The first-order chi connectivity index (χ1) is 7.65. The van der Waals surface area contributed by atoms with Crippen LogP contribution in [0.3, 0.4) is 0 Å². The van der Waals surface area contributed by atoms with Crippen LogP contribution >= 0.6 is 22.9 Å². The monoisotopic (exact) mass is 256 g/mol. The summed E-state index contributed by atoms with van der Waals surface area (Å²) in [4.78, 5) is 5.49. The summed E-state index contributed by atoms with van der Waals surface area (Å²) in [6, 6.07) is 4.06. The van der Waals surface area contributed by atoms with Crippen molar-refractivity contribution < 1.29 is 0 Å². The number of nitrogens with one attached hydrogen (secondary N) is 2. The number of rotatable bonds is 4. The summed E-state index contributed by atoms with van der Waals surface area (Å²) in [5.74, 6) is 1.63. The van der Waals surface area contributed by atoms with Crippen molar-refractivity contribution in [2.45, 2.75) is 26.4 Å². The molecule has 0 spiro atoms. The zero-order valence-electron chi connectivity index (χ0n) is 9.12. The van der Waals surface area contributed by atoms with Crippen molar-refractivity contribution in [3.05, 3.63) is 33.0 Å². The Hall–Kier alpha value is -0.910. The van der Waals surface area contributed by atoms with Gasteiger partial charge in [0.1, 0.15) is 5.82 Å². The lowest BCUT2D eigenvalue weighted by molar-refractivity contribution is 0.551. The van der Waals surface area contributed by atoms with Gasteiger partial charge in [0.15, 0.2) is 5.82 Å². The van der Waals surface area contributed by atoms with Crippen LogP contribution in [0.5, 0.6) is 0 Å². The van der Waals surface area contributed by atoms with Crippen molar-refractivity contribution in [2.75, 3.05) is 0 Å². The summed E-state index contributed by atoms with van der Waals surface area (Å²) in [5.41, 5.74) is 0. The maximum Gasteiger partial charge on any atom is 0.167 e. The molecule has 0 fully saturated rings. The molecule has 0 bridgehead atoms. The first-order valence-electron chi connectivity index (χ1n) is 5.01. The molecule has 2 N–H and O–H groups in total. The average Bonchev–Trinajstić information content (AvgIpc) is 2.84. The van der Waals surface area contributed by atoms with Crippen molar-refractivity contribution in [1.29, 1.82) is 0 Å². The Kier molecular flexibility index (Phi) is 3.58. The standard InChI is InChI=1S/C10H13ClN4S/c1-6(10-13-7(2)14-15-10)12-5-8-3-4-9(11)16-8/h3-4,6,12H,5H2,1-2H3,(H,13,14,15). The molecule has 1 unspecified atom stereocenters. The van der Waals surface area contributed by atoms with Crippen LogP contribution in [0, 0.1) is 6.92 Å². The second-order valence-electron chi connectivity index (χ2n) is 3.59. The lowest BCUT2D eigenvalue weighted by Crippen LogP contribution is -2.18. The quantitative estimate of drug-likeness (QED) is 0.884.